The third-order valence-electron chi connectivity index (χ3n) is 11.6. The van der Waals surface area contributed by atoms with Gasteiger partial charge in [0.25, 0.3) is 0 Å². The first kappa shape index (κ1) is 32.5. The molecule has 1 atom stereocenters. The van der Waals surface area contributed by atoms with E-state index in [4.69, 9.17) is 14.4 Å². The normalized spacial score (nSPS) is 14.4. The Labute approximate surface area is 333 Å². The second-order valence-electron chi connectivity index (χ2n) is 15.1. The molecule has 12 rings (SSSR count). The van der Waals surface area contributed by atoms with Crippen LogP contribution in [-0.4, -0.2) is 16.2 Å². The first-order valence-electron chi connectivity index (χ1n) is 19.7. The minimum Gasteiger partial charge on any atom is -0.456 e. The molecule has 0 spiro atoms. The number of rotatable bonds is 5. The van der Waals surface area contributed by atoms with Crippen LogP contribution >= 0.6 is 0 Å². The third-order valence-corrected chi connectivity index (χ3v) is 11.6. The molecule has 2 aromatic heterocycles. The SMILES string of the molecule is c1ccc(-c2ccc3c(c2)c2ccccc2n3-c2ccc3c(c2)oc2cc(C4=NC(c5ccc6ccccc6c5)=NC(c5ccc6ccccc6c5)N4)ccc23)cc1. The predicted molar refractivity (Wildman–Crippen MR) is 240 cm³/mol. The van der Waals surface area contributed by atoms with Crippen molar-refractivity contribution < 1.29 is 4.42 Å². The molecular weight excluding hydrogens is 709 g/mol. The molecule has 1 aliphatic heterocycles. The van der Waals surface area contributed by atoms with E-state index in [1.807, 2.05) is 0 Å². The Morgan fingerprint density at radius 2 is 1.09 bits per heavy atom. The number of aromatic nitrogens is 1. The number of aliphatic imine (C=N–C) groups is 2. The Bertz CT molecular complexity index is 3500. The first-order chi connectivity index (χ1) is 28.7. The lowest BCUT2D eigenvalue weighted by molar-refractivity contribution is 0.666. The highest BCUT2D eigenvalue weighted by molar-refractivity contribution is 6.16. The van der Waals surface area contributed by atoms with Crippen LogP contribution in [0.3, 0.4) is 0 Å². The summed E-state index contributed by atoms with van der Waals surface area (Å²) >= 11 is 0. The lowest BCUT2D eigenvalue weighted by Gasteiger charge is -2.24. The third kappa shape index (κ3) is 5.32. The Morgan fingerprint density at radius 1 is 0.431 bits per heavy atom. The first-order valence-corrected chi connectivity index (χ1v) is 19.7. The maximum Gasteiger partial charge on any atom is 0.159 e. The number of para-hydroxylation sites is 1. The molecule has 1 aliphatic rings. The van der Waals surface area contributed by atoms with Crippen molar-refractivity contribution in [2.45, 2.75) is 6.17 Å². The van der Waals surface area contributed by atoms with Gasteiger partial charge < -0.3 is 14.3 Å². The number of furan rings is 1. The largest absolute Gasteiger partial charge is 0.456 e. The van der Waals surface area contributed by atoms with Gasteiger partial charge in [0, 0.05) is 44.4 Å². The molecule has 1 N–H and O–H groups in total. The zero-order chi connectivity index (χ0) is 38.2. The van der Waals surface area contributed by atoms with E-state index in [0.717, 1.165) is 66.6 Å². The van der Waals surface area contributed by atoms with Gasteiger partial charge in [-0.2, -0.15) is 0 Å². The fraction of sp³-hybridized carbons (Fsp3) is 0.0189. The average Bonchev–Trinajstić information content (AvgIpc) is 3.83. The van der Waals surface area contributed by atoms with E-state index in [2.05, 4.69) is 204 Å². The van der Waals surface area contributed by atoms with E-state index in [9.17, 15) is 0 Å². The van der Waals surface area contributed by atoms with Gasteiger partial charge in [0.2, 0.25) is 0 Å². The van der Waals surface area contributed by atoms with Crippen LogP contribution in [0.5, 0.6) is 0 Å². The number of fused-ring (bicyclic) bond motifs is 8. The summed E-state index contributed by atoms with van der Waals surface area (Å²) < 4.78 is 9.06. The summed E-state index contributed by atoms with van der Waals surface area (Å²) in [6.45, 7) is 0. The van der Waals surface area contributed by atoms with Gasteiger partial charge in [0.15, 0.2) is 5.84 Å². The lowest BCUT2D eigenvalue weighted by Crippen LogP contribution is -2.33. The molecule has 5 heteroatoms. The summed E-state index contributed by atoms with van der Waals surface area (Å²) in [6.07, 6.45) is -0.331. The molecule has 5 nitrogen and oxygen atoms in total. The molecular formula is C53H34N4O. The maximum absolute atomic E-state index is 6.72. The number of amidine groups is 2. The van der Waals surface area contributed by atoms with E-state index < -0.39 is 0 Å². The van der Waals surface area contributed by atoms with Gasteiger partial charge >= 0.3 is 0 Å². The van der Waals surface area contributed by atoms with Gasteiger partial charge in [-0.05, 0) is 92.8 Å². The van der Waals surface area contributed by atoms with Crippen LogP contribution in [-0.2, 0) is 0 Å². The molecule has 0 bridgehead atoms. The second-order valence-corrected chi connectivity index (χ2v) is 15.1. The van der Waals surface area contributed by atoms with E-state index in [-0.39, 0.29) is 6.17 Å². The fourth-order valence-corrected chi connectivity index (χ4v) is 8.72. The second kappa shape index (κ2) is 12.9. The van der Waals surface area contributed by atoms with Gasteiger partial charge in [0.1, 0.15) is 23.2 Å². The Morgan fingerprint density at radius 3 is 1.93 bits per heavy atom. The maximum atomic E-state index is 6.72. The van der Waals surface area contributed by atoms with Crippen molar-refractivity contribution in [2.75, 3.05) is 0 Å². The Hall–Kier alpha value is -7.76. The Kier molecular flexibility index (Phi) is 7.23. The molecule has 1 unspecified atom stereocenters. The standard InChI is InChI=1S/C53H34N4O/c1-2-10-33(11-3-1)38-23-27-48-46(30-38)43-16-8-9-17-47(43)57(48)42-24-26-45-44-25-22-41(31-49(44)58-50(45)32-42)53-55-51(39-20-18-34-12-4-6-14-36(34)28-39)54-52(56-53)40-21-19-35-13-5-7-15-37(35)29-40/h1-32,51H,(H,54,55,56). The molecule has 0 saturated heterocycles. The van der Waals surface area contributed by atoms with Crippen molar-refractivity contribution in [2.24, 2.45) is 9.98 Å². The van der Waals surface area contributed by atoms with E-state index >= 15 is 0 Å². The Balaban J connectivity index is 0.957. The van der Waals surface area contributed by atoms with Gasteiger partial charge in [-0.1, -0.05) is 133 Å². The van der Waals surface area contributed by atoms with Crippen LogP contribution in [0.15, 0.2) is 209 Å². The highest BCUT2D eigenvalue weighted by Gasteiger charge is 2.23. The zero-order valence-corrected chi connectivity index (χ0v) is 31.3. The van der Waals surface area contributed by atoms with Gasteiger partial charge in [-0.3, -0.25) is 0 Å². The van der Waals surface area contributed by atoms with Gasteiger partial charge in [0.05, 0.1) is 11.0 Å². The highest BCUT2D eigenvalue weighted by Crippen LogP contribution is 2.38. The van der Waals surface area contributed by atoms with Crippen LogP contribution in [0.4, 0.5) is 0 Å². The molecule has 58 heavy (non-hydrogen) atoms. The smallest absolute Gasteiger partial charge is 0.159 e. The van der Waals surface area contributed by atoms with Crippen LogP contribution < -0.4 is 5.32 Å². The monoisotopic (exact) mass is 742 g/mol. The molecule has 0 saturated carbocycles. The van der Waals surface area contributed by atoms with Gasteiger partial charge in [-0.25, -0.2) is 9.98 Å². The van der Waals surface area contributed by atoms with Crippen LogP contribution in [0.1, 0.15) is 22.9 Å². The van der Waals surface area contributed by atoms with Crippen LogP contribution in [0.2, 0.25) is 0 Å². The topological polar surface area (TPSA) is 54.8 Å². The number of hydrogen-bond donors (Lipinski definition) is 1. The summed E-state index contributed by atoms with van der Waals surface area (Å²) in [5.41, 5.74) is 10.4. The number of nitrogens with one attached hydrogen (secondary N) is 1. The minimum absolute atomic E-state index is 0.331. The van der Waals surface area contributed by atoms with Crippen molar-refractivity contribution in [3.05, 3.63) is 211 Å². The molecule has 11 aromatic rings. The number of nitrogens with zero attached hydrogens (tertiary/aromatic N) is 3. The molecule has 272 valence electrons. The number of hydrogen-bond acceptors (Lipinski definition) is 4. The summed E-state index contributed by atoms with van der Waals surface area (Å²) in [7, 11) is 0. The van der Waals surface area contributed by atoms with Crippen molar-refractivity contribution in [1.29, 1.82) is 0 Å². The van der Waals surface area contributed by atoms with Crippen molar-refractivity contribution in [3.8, 4) is 16.8 Å². The molecule has 3 heterocycles. The summed E-state index contributed by atoms with van der Waals surface area (Å²) in [4.78, 5) is 10.4. The zero-order valence-electron chi connectivity index (χ0n) is 31.3. The lowest BCUT2D eigenvalue weighted by atomic mass is 10.0. The summed E-state index contributed by atoms with van der Waals surface area (Å²) in [6, 6.07) is 68.8. The van der Waals surface area contributed by atoms with E-state index in [1.54, 1.807) is 0 Å². The molecule has 0 radical (unpaired) electrons. The van der Waals surface area contributed by atoms with Crippen molar-refractivity contribution in [1.82, 2.24) is 9.88 Å². The van der Waals surface area contributed by atoms with Crippen LogP contribution in [0.25, 0.3) is 82.1 Å². The molecule has 0 fully saturated rings. The van der Waals surface area contributed by atoms with E-state index in [0.29, 0.717) is 5.84 Å². The quantitative estimate of drug-likeness (QED) is 0.191. The minimum atomic E-state index is -0.331. The van der Waals surface area contributed by atoms with E-state index in [1.165, 1.54) is 38.1 Å². The highest BCUT2D eigenvalue weighted by atomic mass is 16.3. The van der Waals surface area contributed by atoms with Crippen LogP contribution in [0, 0.1) is 0 Å². The average molecular weight is 743 g/mol. The van der Waals surface area contributed by atoms with Crippen molar-refractivity contribution in [3.63, 3.8) is 0 Å². The molecule has 0 amide bonds. The summed E-state index contributed by atoms with van der Waals surface area (Å²) in [5.74, 6) is 1.44. The fourth-order valence-electron chi connectivity index (χ4n) is 8.72. The molecule has 9 aromatic carbocycles. The molecule has 0 aliphatic carbocycles. The van der Waals surface area contributed by atoms with Crippen molar-refractivity contribution >= 4 is 77.0 Å². The predicted octanol–water partition coefficient (Wildman–Crippen LogP) is 13.2. The summed E-state index contributed by atoms with van der Waals surface area (Å²) in [5, 5.41) is 13.0. The van der Waals surface area contributed by atoms with Gasteiger partial charge in [-0.15, -0.1) is 0 Å². The number of benzene rings is 9.